The van der Waals surface area contributed by atoms with E-state index in [1.807, 2.05) is 20.8 Å². The highest BCUT2D eigenvalue weighted by Crippen LogP contribution is 2.17. The molecule has 0 atom stereocenters. The predicted octanol–water partition coefficient (Wildman–Crippen LogP) is 1.30. The average molecular weight is 299 g/mol. The van der Waals surface area contributed by atoms with E-state index >= 15 is 0 Å². The van der Waals surface area contributed by atoms with Crippen molar-refractivity contribution in [3.63, 3.8) is 0 Å². The van der Waals surface area contributed by atoms with Crippen molar-refractivity contribution in [3.8, 4) is 0 Å². The van der Waals surface area contributed by atoms with Crippen molar-refractivity contribution in [1.29, 1.82) is 0 Å². The monoisotopic (exact) mass is 298 g/mol. The fourth-order valence-electron chi connectivity index (χ4n) is 1.56. The molecule has 0 spiro atoms. The van der Waals surface area contributed by atoms with Gasteiger partial charge in [-0.3, -0.25) is 9.59 Å². The third kappa shape index (κ3) is 4.70. The van der Waals surface area contributed by atoms with Crippen LogP contribution in [0.1, 0.15) is 31.1 Å². The molecule has 0 bridgehead atoms. The van der Waals surface area contributed by atoms with Crippen LogP contribution < -0.4 is 11.1 Å². The van der Waals surface area contributed by atoms with Crippen molar-refractivity contribution in [1.82, 2.24) is 15.2 Å². The van der Waals surface area contributed by atoms with E-state index in [9.17, 15) is 9.59 Å². The molecule has 3 N–H and O–H groups in total. The van der Waals surface area contributed by atoms with Gasteiger partial charge in [0.15, 0.2) is 0 Å². The van der Waals surface area contributed by atoms with E-state index in [1.165, 1.54) is 24.2 Å². The van der Waals surface area contributed by atoms with E-state index in [2.05, 4.69) is 10.3 Å². The number of pyridine rings is 1. The van der Waals surface area contributed by atoms with Crippen LogP contribution in [0.3, 0.4) is 0 Å². The second-order valence-corrected chi connectivity index (χ2v) is 5.92. The van der Waals surface area contributed by atoms with Gasteiger partial charge >= 0.3 is 0 Å². The molecule has 1 heterocycles. The molecule has 0 saturated carbocycles. The van der Waals surface area contributed by atoms with Crippen molar-refractivity contribution in [2.45, 2.75) is 26.3 Å². The van der Waals surface area contributed by atoms with Gasteiger partial charge in [0, 0.05) is 12.6 Å². The first-order chi connectivity index (χ1) is 9.10. The maximum absolute atomic E-state index is 12.2. The molecule has 1 rings (SSSR count). The van der Waals surface area contributed by atoms with E-state index in [0.29, 0.717) is 5.69 Å². The molecule has 0 aliphatic rings. The second-order valence-electron chi connectivity index (χ2n) is 5.57. The molecule has 2 amide bonds. The summed E-state index contributed by atoms with van der Waals surface area (Å²) in [5, 5.41) is 2.84. The van der Waals surface area contributed by atoms with Crippen LogP contribution in [-0.2, 0) is 4.79 Å². The van der Waals surface area contributed by atoms with Gasteiger partial charge in [0.2, 0.25) is 5.91 Å². The molecule has 20 heavy (non-hydrogen) atoms. The third-order valence-corrected chi connectivity index (χ3v) is 2.63. The van der Waals surface area contributed by atoms with Crippen molar-refractivity contribution >= 4 is 29.1 Å². The van der Waals surface area contributed by atoms with Gasteiger partial charge < -0.3 is 16.0 Å². The summed E-state index contributed by atoms with van der Waals surface area (Å²) in [4.78, 5) is 29.0. The number of hydrogen-bond acceptors (Lipinski definition) is 4. The standard InChI is InChI=1S/C13H19ClN4O2/c1-13(2,3)17-10(19)7-18(4)12(20)9-5-8(15)6-16-11(9)14/h5-6H,7,15H2,1-4H3,(H,17,19). The van der Waals surface area contributed by atoms with Crippen LogP contribution in [-0.4, -0.2) is 40.8 Å². The minimum absolute atomic E-state index is 0.0623. The van der Waals surface area contributed by atoms with Crippen molar-refractivity contribution in [2.24, 2.45) is 0 Å². The molecule has 1 aromatic heterocycles. The normalized spacial score (nSPS) is 11.1. The van der Waals surface area contributed by atoms with Crippen LogP contribution in [0.5, 0.6) is 0 Å². The number of nitrogens with zero attached hydrogens (tertiary/aromatic N) is 2. The molecule has 6 nitrogen and oxygen atoms in total. The van der Waals surface area contributed by atoms with Gasteiger partial charge in [0.05, 0.1) is 24.0 Å². The van der Waals surface area contributed by atoms with Crippen LogP contribution >= 0.6 is 11.6 Å². The Morgan fingerprint density at radius 2 is 2.05 bits per heavy atom. The molecule has 1 aromatic rings. The fourth-order valence-corrected chi connectivity index (χ4v) is 1.75. The first kappa shape index (κ1) is 16.2. The Balaban J connectivity index is 2.77. The van der Waals surface area contributed by atoms with Gasteiger partial charge in [-0.05, 0) is 26.8 Å². The Hall–Kier alpha value is -1.82. The fraction of sp³-hybridized carbons (Fsp3) is 0.462. The summed E-state index contributed by atoms with van der Waals surface area (Å²) in [6.07, 6.45) is 1.37. The van der Waals surface area contributed by atoms with E-state index in [1.54, 1.807) is 0 Å². The largest absolute Gasteiger partial charge is 0.397 e. The third-order valence-electron chi connectivity index (χ3n) is 2.33. The summed E-state index contributed by atoms with van der Waals surface area (Å²) in [7, 11) is 1.52. The Morgan fingerprint density at radius 1 is 1.45 bits per heavy atom. The van der Waals surface area contributed by atoms with Gasteiger partial charge in [0.1, 0.15) is 5.15 Å². The zero-order valence-corrected chi connectivity index (χ0v) is 12.8. The molecule has 0 aliphatic carbocycles. The Kier molecular flexibility index (Phi) is 4.94. The predicted molar refractivity (Wildman–Crippen MR) is 78.5 cm³/mol. The van der Waals surface area contributed by atoms with E-state index in [-0.39, 0.29) is 28.7 Å². The van der Waals surface area contributed by atoms with E-state index in [4.69, 9.17) is 17.3 Å². The highest BCUT2D eigenvalue weighted by atomic mass is 35.5. The number of carbonyl (C=O) groups excluding carboxylic acids is 2. The number of likely N-dealkylation sites (N-methyl/N-ethyl adjacent to an activating group) is 1. The van der Waals surface area contributed by atoms with Crippen LogP contribution in [0.25, 0.3) is 0 Å². The molecule has 110 valence electrons. The molecule has 0 saturated heterocycles. The molecular formula is C13H19ClN4O2. The Labute approximate surface area is 123 Å². The van der Waals surface area contributed by atoms with Gasteiger partial charge in [-0.2, -0.15) is 0 Å². The number of rotatable bonds is 3. The Morgan fingerprint density at radius 3 is 2.60 bits per heavy atom. The van der Waals surface area contributed by atoms with Gasteiger partial charge in [-0.15, -0.1) is 0 Å². The number of nitrogens with one attached hydrogen (secondary N) is 1. The van der Waals surface area contributed by atoms with Crippen LogP contribution in [0, 0.1) is 0 Å². The highest BCUT2D eigenvalue weighted by molar-refractivity contribution is 6.32. The number of aromatic nitrogens is 1. The molecule has 0 radical (unpaired) electrons. The highest BCUT2D eigenvalue weighted by Gasteiger charge is 2.20. The first-order valence-electron chi connectivity index (χ1n) is 6.07. The maximum atomic E-state index is 12.2. The lowest BCUT2D eigenvalue weighted by molar-refractivity contribution is -0.122. The lowest BCUT2D eigenvalue weighted by Gasteiger charge is -2.23. The van der Waals surface area contributed by atoms with Gasteiger partial charge in [-0.1, -0.05) is 11.6 Å². The number of amides is 2. The van der Waals surface area contributed by atoms with Crippen LogP contribution in [0.2, 0.25) is 5.15 Å². The molecule has 0 fully saturated rings. The topological polar surface area (TPSA) is 88.3 Å². The summed E-state index contributed by atoms with van der Waals surface area (Å²) >= 11 is 5.86. The van der Waals surface area contributed by atoms with Crippen molar-refractivity contribution in [2.75, 3.05) is 19.3 Å². The number of nitrogen functional groups attached to an aromatic ring is 1. The van der Waals surface area contributed by atoms with Gasteiger partial charge in [0.25, 0.3) is 5.91 Å². The van der Waals surface area contributed by atoms with Gasteiger partial charge in [-0.25, -0.2) is 4.98 Å². The van der Waals surface area contributed by atoms with Crippen LogP contribution in [0.4, 0.5) is 5.69 Å². The quantitative estimate of drug-likeness (QED) is 0.823. The summed E-state index contributed by atoms with van der Waals surface area (Å²) in [6.45, 7) is 5.53. The van der Waals surface area contributed by atoms with E-state index in [0.717, 1.165) is 0 Å². The van der Waals surface area contributed by atoms with Crippen LogP contribution in [0.15, 0.2) is 12.3 Å². The number of carbonyl (C=O) groups is 2. The molecule has 0 aliphatic heterocycles. The lowest BCUT2D eigenvalue weighted by atomic mass is 10.1. The lowest BCUT2D eigenvalue weighted by Crippen LogP contribution is -2.46. The summed E-state index contributed by atoms with van der Waals surface area (Å²) in [5.41, 5.74) is 5.75. The number of halogens is 1. The zero-order valence-electron chi connectivity index (χ0n) is 12.0. The summed E-state index contributed by atoms with van der Waals surface area (Å²) < 4.78 is 0. The smallest absolute Gasteiger partial charge is 0.257 e. The zero-order chi connectivity index (χ0) is 15.5. The average Bonchev–Trinajstić information content (AvgIpc) is 2.28. The molecule has 0 unspecified atom stereocenters. The number of anilines is 1. The minimum atomic E-state index is -0.404. The SMILES string of the molecule is CN(CC(=O)NC(C)(C)C)C(=O)c1cc(N)cnc1Cl. The number of nitrogens with two attached hydrogens (primary N) is 1. The minimum Gasteiger partial charge on any atom is -0.397 e. The second kappa shape index (κ2) is 6.09. The maximum Gasteiger partial charge on any atom is 0.257 e. The Bertz CT molecular complexity index is 526. The molecule has 7 heteroatoms. The number of hydrogen-bond donors (Lipinski definition) is 2. The molecule has 0 aromatic carbocycles. The van der Waals surface area contributed by atoms with Crippen molar-refractivity contribution < 1.29 is 9.59 Å². The van der Waals surface area contributed by atoms with E-state index < -0.39 is 5.91 Å². The summed E-state index contributed by atoms with van der Waals surface area (Å²) in [6, 6.07) is 1.44. The van der Waals surface area contributed by atoms with Crippen molar-refractivity contribution in [3.05, 3.63) is 23.0 Å². The first-order valence-corrected chi connectivity index (χ1v) is 6.45. The summed E-state index contributed by atoms with van der Waals surface area (Å²) in [5.74, 6) is -0.653. The molecular weight excluding hydrogens is 280 g/mol.